The highest BCUT2D eigenvalue weighted by molar-refractivity contribution is 5.54. The Bertz CT molecular complexity index is 578. The first-order valence-corrected chi connectivity index (χ1v) is 8.01. The summed E-state index contributed by atoms with van der Waals surface area (Å²) in [6.45, 7) is 5.86. The van der Waals surface area contributed by atoms with Crippen molar-refractivity contribution in [2.45, 2.75) is 33.1 Å². The second kappa shape index (κ2) is 8.32. The molecule has 118 valence electrons. The number of rotatable bonds is 8. The molecule has 3 N–H and O–H groups in total. The number of benzene rings is 2. The second-order valence-electron chi connectivity index (χ2n) is 5.62. The third-order valence-corrected chi connectivity index (χ3v) is 3.56. The van der Waals surface area contributed by atoms with Gasteiger partial charge in [-0.2, -0.15) is 0 Å². The van der Waals surface area contributed by atoms with E-state index in [1.165, 1.54) is 16.8 Å². The van der Waals surface area contributed by atoms with Crippen molar-refractivity contribution in [3.8, 4) is 5.75 Å². The van der Waals surface area contributed by atoms with Gasteiger partial charge in [0.25, 0.3) is 0 Å². The van der Waals surface area contributed by atoms with Crippen LogP contribution in [0.1, 0.15) is 30.9 Å². The first-order valence-electron chi connectivity index (χ1n) is 8.01. The minimum absolute atomic E-state index is 0.712. The van der Waals surface area contributed by atoms with Crippen LogP contribution in [0, 0.1) is 6.92 Å². The number of nitrogens with two attached hydrogens (primary N) is 1. The van der Waals surface area contributed by atoms with Crippen molar-refractivity contribution in [2.24, 2.45) is 0 Å². The molecule has 22 heavy (non-hydrogen) atoms. The molecular formula is C19H26N2O. The summed E-state index contributed by atoms with van der Waals surface area (Å²) in [7, 11) is 0. The zero-order chi connectivity index (χ0) is 15.8. The molecule has 0 fully saturated rings. The summed E-state index contributed by atoms with van der Waals surface area (Å²) in [5.41, 5.74) is 10.5. The van der Waals surface area contributed by atoms with Crippen LogP contribution in [0.2, 0.25) is 0 Å². The van der Waals surface area contributed by atoms with Gasteiger partial charge >= 0.3 is 0 Å². The lowest BCUT2D eigenvalue weighted by Crippen LogP contribution is -2.04. The lowest BCUT2D eigenvalue weighted by molar-refractivity contribution is 0.319. The van der Waals surface area contributed by atoms with Crippen LogP contribution in [-0.4, -0.2) is 13.2 Å². The number of anilines is 2. The van der Waals surface area contributed by atoms with Crippen LogP contribution >= 0.6 is 0 Å². The van der Waals surface area contributed by atoms with Gasteiger partial charge in [-0.1, -0.05) is 30.7 Å². The maximum Gasteiger partial charge on any atom is 0.142 e. The van der Waals surface area contributed by atoms with Crippen LogP contribution in [-0.2, 0) is 6.42 Å². The summed E-state index contributed by atoms with van der Waals surface area (Å²) in [6, 6.07) is 14.6. The van der Waals surface area contributed by atoms with E-state index in [0.717, 1.165) is 37.2 Å². The molecule has 0 aliphatic heterocycles. The van der Waals surface area contributed by atoms with Gasteiger partial charge in [0.05, 0.1) is 12.3 Å². The quantitative estimate of drug-likeness (QED) is 0.560. The predicted molar refractivity (Wildman–Crippen MR) is 94.6 cm³/mol. The number of nitrogen functional groups attached to an aromatic ring is 1. The van der Waals surface area contributed by atoms with Gasteiger partial charge in [0, 0.05) is 12.2 Å². The molecule has 0 amide bonds. The van der Waals surface area contributed by atoms with E-state index in [1.807, 2.05) is 12.1 Å². The molecule has 0 saturated carbocycles. The van der Waals surface area contributed by atoms with Gasteiger partial charge in [-0.3, -0.25) is 0 Å². The van der Waals surface area contributed by atoms with Crippen LogP contribution in [0.3, 0.4) is 0 Å². The lowest BCUT2D eigenvalue weighted by Gasteiger charge is -2.10. The standard InChI is InChI=1S/C19H26N2O/c1-3-13-22-19-11-8-16(14-18(19)20)5-4-12-21-17-9-6-15(2)7-10-17/h6-11,14,21H,3-5,12-13,20H2,1-2H3. The van der Waals surface area contributed by atoms with Crippen LogP contribution in [0.5, 0.6) is 5.75 Å². The number of nitrogens with one attached hydrogen (secondary N) is 1. The summed E-state index contributed by atoms with van der Waals surface area (Å²) >= 11 is 0. The van der Waals surface area contributed by atoms with E-state index >= 15 is 0 Å². The van der Waals surface area contributed by atoms with Gasteiger partial charge < -0.3 is 15.8 Å². The summed E-state index contributed by atoms with van der Waals surface area (Å²) < 4.78 is 5.60. The molecule has 0 radical (unpaired) electrons. The summed E-state index contributed by atoms with van der Waals surface area (Å²) in [5.74, 6) is 0.795. The molecule has 0 spiro atoms. The molecule has 0 bridgehead atoms. The molecule has 3 heteroatoms. The molecule has 2 aromatic carbocycles. The van der Waals surface area contributed by atoms with E-state index in [4.69, 9.17) is 10.5 Å². The molecule has 0 saturated heterocycles. The van der Waals surface area contributed by atoms with Gasteiger partial charge in [-0.25, -0.2) is 0 Å². The first-order chi connectivity index (χ1) is 10.7. The van der Waals surface area contributed by atoms with Gasteiger partial charge in [0.2, 0.25) is 0 Å². The minimum atomic E-state index is 0.712. The fraction of sp³-hybridized carbons (Fsp3) is 0.368. The monoisotopic (exact) mass is 298 g/mol. The summed E-state index contributed by atoms with van der Waals surface area (Å²) in [5, 5.41) is 3.44. The number of hydrogen-bond donors (Lipinski definition) is 2. The predicted octanol–water partition coefficient (Wildman–Crippen LogP) is 4.41. The number of hydrogen-bond acceptors (Lipinski definition) is 3. The Morgan fingerprint density at radius 1 is 1.09 bits per heavy atom. The number of ether oxygens (including phenoxy) is 1. The Balaban J connectivity index is 1.77. The van der Waals surface area contributed by atoms with Gasteiger partial charge in [0.1, 0.15) is 5.75 Å². The molecule has 0 aliphatic carbocycles. The normalized spacial score (nSPS) is 10.5. The first kappa shape index (κ1) is 16.2. The SMILES string of the molecule is CCCOc1ccc(CCCNc2ccc(C)cc2)cc1N. The highest BCUT2D eigenvalue weighted by Gasteiger charge is 2.02. The van der Waals surface area contributed by atoms with Crippen molar-refractivity contribution < 1.29 is 4.74 Å². The van der Waals surface area contributed by atoms with E-state index in [9.17, 15) is 0 Å². The van der Waals surface area contributed by atoms with Crippen LogP contribution < -0.4 is 15.8 Å². The molecule has 0 aromatic heterocycles. The largest absolute Gasteiger partial charge is 0.491 e. The molecule has 0 atom stereocenters. The molecule has 0 unspecified atom stereocenters. The smallest absolute Gasteiger partial charge is 0.142 e. The third-order valence-electron chi connectivity index (χ3n) is 3.56. The average molecular weight is 298 g/mol. The van der Waals surface area contributed by atoms with Crippen LogP contribution in [0.25, 0.3) is 0 Å². The minimum Gasteiger partial charge on any atom is -0.491 e. The van der Waals surface area contributed by atoms with E-state index in [2.05, 4.69) is 49.5 Å². The van der Waals surface area contributed by atoms with Crippen molar-refractivity contribution in [3.63, 3.8) is 0 Å². The van der Waals surface area contributed by atoms with Crippen molar-refractivity contribution in [3.05, 3.63) is 53.6 Å². The lowest BCUT2D eigenvalue weighted by atomic mass is 10.1. The van der Waals surface area contributed by atoms with E-state index in [-0.39, 0.29) is 0 Å². The van der Waals surface area contributed by atoms with Gasteiger partial charge in [-0.05, 0) is 56.0 Å². The summed E-state index contributed by atoms with van der Waals surface area (Å²) in [4.78, 5) is 0. The zero-order valence-corrected chi connectivity index (χ0v) is 13.6. The van der Waals surface area contributed by atoms with E-state index in [1.54, 1.807) is 0 Å². The van der Waals surface area contributed by atoms with Crippen molar-refractivity contribution in [1.82, 2.24) is 0 Å². The molecule has 2 aromatic rings. The van der Waals surface area contributed by atoms with E-state index < -0.39 is 0 Å². The summed E-state index contributed by atoms with van der Waals surface area (Å²) in [6.07, 6.45) is 3.07. The fourth-order valence-corrected chi connectivity index (χ4v) is 2.29. The van der Waals surface area contributed by atoms with Crippen molar-refractivity contribution in [2.75, 3.05) is 24.2 Å². The molecular weight excluding hydrogens is 272 g/mol. The fourth-order valence-electron chi connectivity index (χ4n) is 2.29. The highest BCUT2D eigenvalue weighted by Crippen LogP contribution is 2.23. The van der Waals surface area contributed by atoms with Crippen LogP contribution in [0.15, 0.2) is 42.5 Å². The zero-order valence-electron chi connectivity index (χ0n) is 13.6. The average Bonchev–Trinajstić information content (AvgIpc) is 2.52. The molecule has 3 nitrogen and oxygen atoms in total. The Morgan fingerprint density at radius 3 is 2.55 bits per heavy atom. The van der Waals surface area contributed by atoms with E-state index in [0.29, 0.717) is 6.61 Å². The Kier molecular flexibility index (Phi) is 6.13. The Labute approximate surface area is 133 Å². The molecule has 2 rings (SSSR count). The molecule has 0 heterocycles. The maximum absolute atomic E-state index is 6.03. The van der Waals surface area contributed by atoms with Crippen LogP contribution in [0.4, 0.5) is 11.4 Å². The van der Waals surface area contributed by atoms with Gasteiger partial charge in [0.15, 0.2) is 0 Å². The third kappa shape index (κ3) is 4.99. The second-order valence-corrected chi connectivity index (χ2v) is 5.62. The Morgan fingerprint density at radius 2 is 1.86 bits per heavy atom. The maximum atomic E-state index is 6.03. The van der Waals surface area contributed by atoms with Gasteiger partial charge in [-0.15, -0.1) is 0 Å². The van der Waals surface area contributed by atoms with Crippen molar-refractivity contribution in [1.29, 1.82) is 0 Å². The topological polar surface area (TPSA) is 47.3 Å². The Hall–Kier alpha value is -2.16. The molecule has 0 aliphatic rings. The number of aryl methyl sites for hydroxylation is 2. The van der Waals surface area contributed by atoms with Crippen molar-refractivity contribution >= 4 is 11.4 Å². The highest BCUT2D eigenvalue weighted by atomic mass is 16.5.